The van der Waals surface area contributed by atoms with Crippen LogP contribution in [-0.2, 0) is 0 Å². The summed E-state index contributed by atoms with van der Waals surface area (Å²) in [6, 6.07) is 0. The third kappa shape index (κ3) is 29.6. The van der Waals surface area contributed by atoms with Gasteiger partial charge in [0.2, 0.25) is 0 Å². The minimum atomic E-state index is 0.542. The highest BCUT2D eigenvalue weighted by molar-refractivity contribution is 4.55. The summed E-state index contributed by atoms with van der Waals surface area (Å²) in [5, 5.41) is 0. The molecular formula is C14H34. The zero-order chi connectivity index (χ0) is 12.2. The summed E-state index contributed by atoms with van der Waals surface area (Å²) in [7, 11) is 0. The van der Waals surface area contributed by atoms with Gasteiger partial charge >= 0.3 is 0 Å². The van der Waals surface area contributed by atoms with E-state index in [1.165, 1.54) is 19.3 Å². The van der Waals surface area contributed by atoms with Gasteiger partial charge in [0, 0.05) is 0 Å². The van der Waals surface area contributed by atoms with E-state index in [0.29, 0.717) is 5.41 Å². The average molecular weight is 202 g/mol. The largest absolute Gasteiger partial charge is 0.0683 e. The Bertz CT molecular complexity index is 72.5. The van der Waals surface area contributed by atoms with E-state index in [4.69, 9.17) is 0 Å². The first kappa shape index (κ1) is 19.6. The van der Waals surface area contributed by atoms with Crippen molar-refractivity contribution in [3.05, 3.63) is 0 Å². The van der Waals surface area contributed by atoms with Crippen LogP contribution in [0.15, 0.2) is 0 Å². The summed E-state index contributed by atoms with van der Waals surface area (Å²) in [6.07, 6.45) is 3.93. The van der Waals surface area contributed by atoms with Crippen LogP contribution >= 0.6 is 0 Å². The Morgan fingerprint density at radius 1 is 0.857 bits per heavy atom. The summed E-state index contributed by atoms with van der Waals surface area (Å²) in [5.74, 6) is 0.935. The number of rotatable bonds is 2. The third-order valence-corrected chi connectivity index (χ3v) is 2.45. The SMILES string of the molecule is CC.CCC(C)(C)C.CCC(C)CC. The molecule has 0 rings (SSSR count). The highest BCUT2D eigenvalue weighted by Crippen LogP contribution is 2.16. The van der Waals surface area contributed by atoms with E-state index in [9.17, 15) is 0 Å². The Morgan fingerprint density at radius 3 is 1.07 bits per heavy atom. The molecule has 0 aliphatic heterocycles. The molecule has 0 aliphatic rings. The lowest BCUT2D eigenvalue weighted by molar-refractivity contribution is 0.398. The lowest BCUT2D eigenvalue weighted by Gasteiger charge is -2.12. The van der Waals surface area contributed by atoms with Crippen molar-refractivity contribution in [1.29, 1.82) is 0 Å². The molecule has 0 amide bonds. The summed E-state index contributed by atoms with van der Waals surface area (Å²) in [6.45, 7) is 19.7. The van der Waals surface area contributed by atoms with Gasteiger partial charge < -0.3 is 0 Å². The normalized spacial score (nSPS) is 9.86. The van der Waals surface area contributed by atoms with Crippen LogP contribution in [0.2, 0.25) is 0 Å². The van der Waals surface area contributed by atoms with Gasteiger partial charge in [-0.05, 0) is 11.3 Å². The fraction of sp³-hybridized carbons (Fsp3) is 1.00. The highest BCUT2D eigenvalue weighted by atomic mass is 14.1. The Balaban J connectivity index is -0.000000147. The Morgan fingerprint density at radius 2 is 1.07 bits per heavy atom. The fourth-order valence-corrected chi connectivity index (χ4v) is 0.289. The first-order valence-electron chi connectivity index (χ1n) is 6.37. The quantitative estimate of drug-likeness (QED) is 0.522. The molecule has 0 unspecified atom stereocenters. The van der Waals surface area contributed by atoms with E-state index in [0.717, 1.165) is 5.92 Å². The molecule has 0 bridgehead atoms. The standard InChI is InChI=1S/2C6H14.C2H6/c1-5-6(2,3)4;1-4-6(3)5-2;1-2/h5H2,1-4H3;6H,4-5H2,1-3H3;1-2H3. The molecule has 0 aromatic heterocycles. The molecule has 0 atom stereocenters. The maximum atomic E-state index is 2.28. The van der Waals surface area contributed by atoms with Gasteiger partial charge in [-0.1, -0.05) is 81.6 Å². The second kappa shape index (κ2) is 13.0. The van der Waals surface area contributed by atoms with E-state index in [1.807, 2.05) is 13.8 Å². The zero-order valence-electron chi connectivity index (χ0n) is 12.2. The lowest BCUT2D eigenvalue weighted by Crippen LogP contribution is -2.00. The first-order valence-corrected chi connectivity index (χ1v) is 6.37. The summed E-state index contributed by atoms with van der Waals surface area (Å²) in [4.78, 5) is 0. The van der Waals surface area contributed by atoms with Crippen molar-refractivity contribution in [3.8, 4) is 0 Å². The van der Waals surface area contributed by atoms with Gasteiger partial charge in [-0.15, -0.1) is 0 Å². The third-order valence-electron chi connectivity index (χ3n) is 2.45. The van der Waals surface area contributed by atoms with Gasteiger partial charge in [0.15, 0.2) is 0 Å². The Kier molecular flexibility index (Phi) is 18.2. The van der Waals surface area contributed by atoms with Gasteiger partial charge in [-0.2, -0.15) is 0 Å². The zero-order valence-corrected chi connectivity index (χ0v) is 12.2. The maximum absolute atomic E-state index is 2.28. The van der Waals surface area contributed by atoms with Crippen molar-refractivity contribution in [2.75, 3.05) is 0 Å². The smallest absolute Gasteiger partial charge is 0.0385 e. The van der Waals surface area contributed by atoms with Crippen molar-refractivity contribution in [1.82, 2.24) is 0 Å². The van der Waals surface area contributed by atoms with E-state index in [1.54, 1.807) is 0 Å². The van der Waals surface area contributed by atoms with Gasteiger partial charge in [-0.3, -0.25) is 0 Å². The minimum Gasteiger partial charge on any atom is -0.0683 e. The van der Waals surface area contributed by atoms with E-state index in [2.05, 4.69) is 48.5 Å². The molecule has 0 aliphatic carbocycles. The molecule has 0 saturated heterocycles. The molecule has 0 heteroatoms. The molecule has 0 fully saturated rings. The topological polar surface area (TPSA) is 0 Å². The Hall–Kier alpha value is 0. The fourth-order valence-electron chi connectivity index (χ4n) is 0.289. The molecular weight excluding hydrogens is 168 g/mol. The van der Waals surface area contributed by atoms with Crippen molar-refractivity contribution >= 4 is 0 Å². The second-order valence-corrected chi connectivity index (χ2v) is 4.84. The van der Waals surface area contributed by atoms with Crippen molar-refractivity contribution in [3.63, 3.8) is 0 Å². The number of hydrogen-bond acceptors (Lipinski definition) is 0. The second-order valence-electron chi connectivity index (χ2n) is 4.84. The molecule has 14 heavy (non-hydrogen) atoms. The van der Waals surface area contributed by atoms with Crippen LogP contribution in [0, 0.1) is 11.3 Å². The monoisotopic (exact) mass is 202 g/mol. The molecule has 0 nitrogen and oxygen atoms in total. The minimum absolute atomic E-state index is 0.542. The van der Waals surface area contributed by atoms with Gasteiger partial charge in [0.1, 0.15) is 0 Å². The molecule has 0 aromatic carbocycles. The molecule has 0 aromatic rings. The lowest BCUT2D eigenvalue weighted by atomic mass is 9.94. The van der Waals surface area contributed by atoms with E-state index < -0.39 is 0 Å². The number of hydrogen-bond donors (Lipinski definition) is 0. The van der Waals surface area contributed by atoms with Crippen LogP contribution in [0.5, 0.6) is 0 Å². The van der Waals surface area contributed by atoms with Crippen LogP contribution in [0.25, 0.3) is 0 Å². The van der Waals surface area contributed by atoms with Gasteiger partial charge in [0.05, 0.1) is 0 Å². The molecule has 0 saturated carbocycles. The predicted octanol–water partition coefficient (Wildman–Crippen LogP) is 5.91. The average Bonchev–Trinajstić information content (AvgIpc) is 2.19. The van der Waals surface area contributed by atoms with Crippen LogP contribution < -0.4 is 0 Å². The van der Waals surface area contributed by atoms with Gasteiger partial charge in [0.25, 0.3) is 0 Å². The van der Waals surface area contributed by atoms with E-state index in [-0.39, 0.29) is 0 Å². The van der Waals surface area contributed by atoms with Crippen molar-refractivity contribution < 1.29 is 0 Å². The Labute approximate surface area is 93.5 Å². The van der Waals surface area contributed by atoms with Crippen LogP contribution in [0.3, 0.4) is 0 Å². The first-order chi connectivity index (χ1) is 6.37. The summed E-state index contributed by atoms with van der Waals surface area (Å²) in [5.41, 5.74) is 0.542. The van der Waals surface area contributed by atoms with Gasteiger partial charge in [-0.25, -0.2) is 0 Å². The molecule has 0 heterocycles. The highest BCUT2D eigenvalue weighted by Gasteiger charge is 2.03. The maximum Gasteiger partial charge on any atom is -0.0385 e. The molecule has 0 N–H and O–H groups in total. The molecule has 0 spiro atoms. The van der Waals surface area contributed by atoms with Crippen molar-refractivity contribution in [2.45, 2.75) is 81.6 Å². The van der Waals surface area contributed by atoms with Crippen LogP contribution in [0.4, 0.5) is 0 Å². The van der Waals surface area contributed by atoms with Crippen molar-refractivity contribution in [2.24, 2.45) is 11.3 Å². The summed E-state index contributed by atoms with van der Waals surface area (Å²) >= 11 is 0. The van der Waals surface area contributed by atoms with Crippen LogP contribution in [0.1, 0.15) is 81.6 Å². The molecule has 90 valence electrons. The van der Waals surface area contributed by atoms with E-state index >= 15 is 0 Å². The van der Waals surface area contributed by atoms with Crippen LogP contribution in [-0.4, -0.2) is 0 Å². The summed E-state index contributed by atoms with van der Waals surface area (Å²) < 4.78 is 0. The predicted molar refractivity (Wildman–Crippen MR) is 70.8 cm³/mol. The molecule has 0 radical (unpaired) electrons.